The average molecular weight is 258 g/mol. The van der Waals surface area contributed by atoms with Gasteiger partial charge in [0.15, 0.2) is 0 Å². The molecule has 0 bridgehead atoms. The van der Waals surface area contributed by atoms with Crippen molar-refractivity contribution in [2.24, 2.45) is 5.73 Å². The van der Waals surface area contributed by atoms with E-state index >= 15 is 0 Å². The number of pyridine rings is 1. The average Bonchev–Trinajstić information content (AvgIpc) is 2.39. The molecule has 4 nitrogen and oxygen atoms in total. The summed E-state index contributed by atoms with van der Waals surface area (Å²) >= 11 is 0. The summed E-state index contributed by atoms with van der Waals surface area (Å²) in [4.78, 5) is 5.77. The lowest BCUT2D eigenvalue weighted by molar-refractivity contribution is 0.618. The summed E-state index contributed by atoms with van der Waals surface area (Å²) in [5.74, 6) is -0.314. The van der Waals surface area contributed by atoms with Gasteiger partial charge < -0.3 is 10.6 Å². The molecule has 0 unspecified atom stereocenters. The highest BCUT2D eigenvalue weighted by molar-refractivity contribution is 5.95. The minimum atomic E-state index is -0.344. The van der Waals surface area contributed by atoms with Crippen molar-refractivity contribution >= 4 is 11.5 Å². The largest absolute Gasteiger partial charge is 0.384 e. The first-order chi connectivity index (χ1) is 9.06. The van der Waals surface area contributed by atoms with E-state index < -0.39 is 0 Å². The zero-order valence-electron chi connectivity index (χ0n) is 10.6. The first-order valence-electron chi connectivity index (χ1n) is 5.81. The fourth-order valence-electron chi connectivity index (χ4n) is 1.82. The number of nitrogen functional groups attached to an aromatic ring is 1. The van der Waals surface area contributed by atoms with Gasteiger partial charge in [0, 0.05) is 31.0 Å². The fraction of sp³-hybridized carbons (Fsp3) is 0.143. The van der Waals surface area contributed by atoms with E-state index in [4.69, 9.17) is 11.1 Å². The number of nitrogens with zero attached hydrogens (tertiary/aromatic N) is 2. The molecule has 3 N–H and O–H groups in total. The number of hydrogen-bond acceptors (Lipinski definition) is 3. The smallest absolute Gasteiger partial charge is 0.141 e. The maximum absolute atomic E-state index is 13.1. The molecule has 0 saturated carbocycles. The molecule has 0 aliphatic carbocycles. The quantitative estimate of drug-likeness (QED) is 0.652. The summed E-state index contributed by atoms with van der Waals surface area (Å²) in [6, 6.07) is 8.82. The van der Waals surface area contributed by atoms with E-state index in [1.165, 1.54) is 12.3 Å². The zero-order valence-corrected chi connectivity index (χ0v) is 10.6. The molecule has 1 heterocycles. The Morgan fingerprint density at radius 2 is 2.16 bits per heavy atom. The molecule has 19 heavy (non-hydrogen) atoms. The van der Waals surface area contributed by atoms with Crippen molar-refractivity contribution in [2.45, 2.75) is 6.54 Å². The number of amidine groups is 1. The number of nitrogens with two attached hydrogens (primary N) is 1. The molecular weight excluding hydrogens is 243 g/mol. The number of anilines is 1. The van der Waals surface area contributed by atoms with Gasteiger partial charge in [0.1, 0.15) is 11.7 Å². The van der Waals surface area contributed by atoms with Crippen molar-refractivity contribution in [3.8, 4) is 0 Å². The standard InChI is InChI=1S/C14H15FN4/c1-19(9-10-5-12(15)8-18-7-10)13-4-2-3-11(6-13)14(16)17/h2-8H,9H2,1H3,(H3,16,17). The highest BCUT2D eigenvalue weighted by Gasteiger charge is 2.05. The molecule has 0 radical (unpaired) electrons. The third-order valence-electron chi connectivity index (χ3n) is 2.78. The molecule has 0 spiro atoms. The van der Waals surface area contributed by atoms with E-state index in [0.717, 1.165) is 11.3 Å². The van der Waals surface area contributed by atoms with Crippen molar-refractivity contribution in [1.82, 2.24) is 4.98 Å². The van der Waals surface area contributed by atoms with Crippen molar-refractivity contribution in [3.63, 3.8) is 0 Å². The van der Waals surface area contributed by atoms with Gasteiger partial charge in [-0.15, -0.1) is 0 Å². The molecule has 0 fully saturated rings. The molecule has 0 saturated heterocycles. The third-order valence-corrected chi connectivity index (χ3v) is 2.78. The van der Waals surface area contributed by atoms with Crippen LogP contribution in [0.5, 0.6) is 0 Å². The van der Waals surface area contributed by atoms with Gasteiger partial charge >= 0.3 is 0 Å². The predicted octanol–water partition coefficient (Wildman–Crippen LogP) is 2.14. The highest BCUT2D eigenvalue weighted by Crippen LogP contribution is 2.17. The van der Waals surface area contributed by atoms with Crippen molar-refractivity contribution in [1.29, 1.82) is 5.41 Å². The van der Waals surface area contributed by atoms with Crippen LogP contribution >= 0.6 is 0 Å². The first kappa shape index (κ1) is 13.0. The van der Waals surface area contributed by atoms with E-state index in [2.05, 4.69) is 4.98 Å². The van der Waals surface area contributed by atoms with Crippen LogP contribution in [0.15, 0.2) is 42.7 Å². The molecule has 0 amide bonds. The van der Waals surface area contributed by atoms with Crippen LogP contribution in [-0.4, -0.2) is 17.9 Å². The Labute approximate surface area is 111 Å². The van der Waals surface area contributed by atoms with Crippen LogP contribution in [0.25, 0.3) is 0 Å². The Hall–Kier alpha value is -2.43. The van der Waals surface area contributed by atoms with E-state index in [9.17, 15) is 4.39 Å². The number of halogens is 1. The van der Waals surface area contributed by atoms with Gasteiger partial charge in [-0.1, -0.05) is 12.1 Å². The summed E-state index contributed by atoms with van der Waals surface area (Å²) < 4.78 is 13.1. The number of benzene rings is 1. The number of hydrogen-bond donors (Lipinski definition) is 2. The Bertz CT molecular complexity index is 598. The van der Waals surface area contributed by atoms with Crippen molar-refractivity contribution in [3.05, 3.63) is 59.7 Å². The molecule has 1 aromatic carbocycles. The topological polar surface area (TPSA) is 66.0 Å². The summed E-state index contributed by atoms with van der Waals surface area (Å²) in [7, 11) is 1.89. The normalized spacial score (nSPS) is 10.2. The van der Waals surface area contributed by atoms with Crippen LogP contribution in [-0.2, 0) is 6.54 Å². The second kappa shape index (κ2) is 5.48. The number of rotatable bonds is 4. The van der Waals surface area contributed by atoms with Crippen LogP contribution in [0.3, 0.4) is 0 Å². The van der Waals surface area contributed by atoms with Gasteiger partial charge in [0.2, 0.25) is 0 Å². The SMILES string of the molecule is CN(Cc1cncc(F)c1)c1cccc(C(=N)N)c1. The Morgan fingerprint density at radius 1 is 1.37 bits per heavy atom. The van der Waals surface area contributed by atoms with Crippen LogP contribution in [0.2, 0.25) is 0 Å². The van der Waals surface area contributed by atoms with Crippen LogP contribution in [0.1, 0.15) is 11.1 Å². The maximum atomic E-state index is 13.1. The van der Waals surface area contributed by atoms with E-state index in [1.54, 1.807) is 12.3 Å². The Morgan fingerprint density at radius 3 is 2.84 bits per heavy atom. The molecule has 2 aromatic rings. The van der Waals surface area contributed by atoms with Crippen molar-refractivity contribution < 1.29 is 4.39 Å². The molecule has 98 valence electrons. The highest BCUT2D eigenvalue weighted by atomic mass is 19.1. The summed E-state index contributed by atoms with van der Waals surface area (Å²) in [5, 5.41) is 7.42. The van der Waals surface area contributed by atoms with Gasteiger partial charge in [-0.2, -0.15) is 0 Å². The summed E-state index contributed by atoms with van der Waals surface area (Å²) in [5.41, 5.74) is 7.83. The van der Waals surface area contributed by atoms with Gasteiger partial charge in [-0.05, 0) is 23.8 Å². The monoisotopic (exact) mass is 258 g/mol. The third kappa shape index (κ3) is 3.28. The first-order valence-corrected chi connectivity index (χ1v) is 5.81. The summed E-state index contributed by atoms with van der Waals surface area (Å²) in [6.07, 6.45) is 2.81. The van der Waals surface area contributed by atoms with E-state index in [0.29, 0.717) is 12.1 Å². The maximum Gasteiger partial charge on any atom is 0.141 e. The fourth-order valence-corrected chi connectivity index (χ4v) is 1.82. The van der Waals surface area contributed by atoms with Gasteiger partial charge in [-0.25, -0.2) is 4.39 Å². The lowest BCUT2D eigenvalue weighted by Crippen LogP contribution is -2.18. The molecule has 0 aliphatic heterocycles. The molecular formula is C14H15FN4. The Balaban J connectivity index is 2.18. The number of nitrogens with one attached hydrogen (secondary N) is 1. The second-order valence-electron chi connectivity index (χ2n) is 4.33. The van der Waals surface area contributed by atoms with Crippen LogP contribution in [0, 0.1) is 11.2 Å². The van der Waals surface area contributed by atoms with E-state index in [-0.39, 0.29) is 11.7 Å². The van der Waals surface area contributed by atoms with Crippen LogP contribution in [0.4, 0.5) is 10.1 Å². The van der Waals surface area contributed by atoms with Crippen molar-refractivity contribution in [2.75, 3.05) is 11.9 Å². The molecule has 1 aromatic heterocycles. The lowest BCUT2D eigenvalue weighted by Gasteiger charge is -2.19. The molecule has 0 atom stereocenters. The Kier molecular flexibility index (Phi) is 3.75. The van der Waals surface area contributed by atoms with Gasteiger partial charge in [0.05, 0.1) is 6.20 Å². The molecule has 2 rings (SSSR count). The van der Waals surface area contributed by atoms with Gasteiger partial charge in [0.25, 0.3) is 0 Å². The molecule has 5 heteroatoms. The minimum absolute atomic E-state index is 0.0303. The molecule has 0 aliphatic rings. The van der Waals surface area contributed by atoms with Gasteiger partial charge in [-0.3, -0.25) is 10.4 Å². The minimum Gasteiger partial charge on any atom is -0.384 e. The van der Waals surface area contributed by atoms with Crippen LogP contribution < -0.4 is 10.6 Å². The lowest BCUT2D eigenvalue weighted by atomic mass is 10.1. The number of aromatic nitrogens is 1. The predicted molar refractivity (Wildman–Crippen MR) is 73.8 cm³/mol. The summed E-state index contributed by atoms with van der Waals surface area (Å²) in [6.45, 7) is 0.534. The zero-order chi connectivity index (χ0) is 13.8. The van der Waals surface area contributed by atoms with E-state index in [1.807, 2.05) is 30.1 Å². The second-order valence-corrected chi connectivity index (χ2v) is 4.33.